The van der Waals surface area contributed by atoms with E-state index in [2.05, 4.69) is 20.9 Å². The average molecular weight is 444 g/mol. The van der Waals surface area contributed by atoms with Crippen LogP contribution < -0.4 is 4.90 Å². The molecule has 4 nitrogen and oxygen atoms in total. The van der Waals surface area contributed by atoms with Gasteiger partial charge in [-0.25, -0.2) is 13.8 Å². The van der Waals surface area contributed by atoms with Gasteiger partial charge < -0.3 is 9.80 Å². The fourth-order valence-corrected chi connectivity index (χ4v) is 5.18. The van der Waals surface area contributed by atoms with Crippen LogP contribution in [0, 0.1) is 11.6 Å². The van der Waals surface area contributed by atoms with Gasteiger partial charge in [0.2, 0.25) is 0 Å². The third kappa shape index (κ3) is 3.28. The van der Waals surface area contributed by atoms with Crippen molar-refractivity contribution in [2.24, 2.45) is 0 Å². The van der Waals surface area contributed by atoms with Gasteiger partial charge in [-0.1, -0.05) is 11.3 Å². The van der Waals surface area contributed by atoms with Crippen molar-refractivity contribution in [3.05, 3.63) is 44.6 Å². The number of hydrogen-bond donors (Lipinski definition) is 0. The number of anilines is 1. The molecule has 1 aliphatic heterocycles. The van der Waals surface area contributed by atoms with Crippen LogP contribution in [0.2, 0.25) is 0 Å². The number of fused-ring (bicyclic) bond motifs is 1. The minimum absolute atomic E-state index is 0.0211. The number of hydrogen-bond acceptors (Lipinski definition) is 5. The van der Waals surface area contributed by atoms with Crippen LogP contribution >= 0.6 is 38.6 Å². The second kappa shape index (κ2) is 6.62. The van der Waals surface area contributed by atoms with Gasteiger partial charge in [0.15, 0.2) is 10.9 Å². The number of carbonyl (C=O) groups excluding carboxylic acids is 1. The zero-order valence-electron chi connectivity index (χ0n) is 12.8. The molecule has 1 amide bonds. The van der Waals surface area contributed by atoms with Crippen LogP contribution in [0.15, 0.2) is 28.1 Å². The molecule has 4 rings (SSSR count). The standard InChI is InChI=1S/C16H12BrF2N3OS2/c17-13-2-1-11(24-13)15(23)21-3-5-22(6-4-21)16-20-14-10(19)7-9(18)8-12(14)25-16/h1-2,7-8H,3-6H2. The Hall–Kier alpha value is -1.58. The van der Waals surface area contributed by atoms with Crippen molar-refractivity contribution in [2.45, 2.75) is 0 Å². The monoisotopic (exact) mass is 443 g/mol. The third-order valence-electron chi connectivity index (χ3n) is 4.02. The molecule has 3 heterocycles. The Kier molecular flexibility index (Phi) is 4.47. The molecule has 0 radical (unpaired) electrons. The van der Waals surface area contributed by atoms with Crippen molar-refractivity contribution in [1.29, 1.82) is 0 Å². The highest BCUT2D eigenvalue weighted by Gasteiger charge is 2.25. The first-order valence-electron chi connectivity index (χ1n) is 7.56. The molecule has 9 heteroatoms. The molecule has 1 aliphatic rings. The Balaban J connectivity index is 1.48. The third-order valence-corrected chi connectivity index (χ3v) is 6.70. The van der Waals surface area contributed by atoms with Gasteiger partial charge in [0.1, 0.15) is 11.3 Å². The van der Waals surface area contributed by atoms with E-state index in [1.807, 2.05) is 21.9 Å². The smallest absolute Gasteiger partial charge is 0.264 e. The van der Waals surface area contributed by atoms with Crippen LogP contribution in [0.3, 0.4) is 0 Å². The average Bonchev–Trinajstić information content (AvgIpc) is 3.21. The summed E-state index contributed by atoms with van der Waals surface area (Å²) in [6.45, 7) is 2.37. The number of nitrogens with zero attached hydrogens (tertiary/aromatic N) is 3. The summed E-state index contributed by atoms with van der Waals surface area (Å²) in [4.78, 5) is 21.3. The predicted octanol–water partition coefficient (Wildman–Crippen LogP) is 4.36. The summed E-state index contributed by atoms with van der Waals surface area (Å²) in [6, 6.07) is 5.83. The lowest BCUT2D eigenvalue weighted by molar-refractivity contribution is 0.0751. The van der Waals surface area contributed by atoms with Gasteiger partial charge in [0, 0.05) is 32.2 Å². The molecule has 0 spiro atoms. The second-order valence-electron chi connectivity index (χ2n) is 5.61. The maximum atomic E-state index is 13.8. The number of amides is 1. The van der Waals surface area contributed by atoms with Gasteiger partial charge in [0.25, 0.3) is 5.91 Å². The predicted molar refractivity (Wildman–Crippen MR) is 99.7 cm³/mol. The number of halogens is 3. The summed E-state index contributed by atoms with van der Waals surface area (Å²) < 4.78 is 28.6. The van der Waals surface area contributed by atoms with Gasteiger partial charge in [-0.15, -0.1) is 11.3 Å². The van der Waals surface area contributed by atoms with Crippen LogP contribution in [0.4, 0.5) is 13.9 Å². The summed E-state index contributed by atoms with van der Waals surface area (Å²) in [6.07, 6.45) is 0. The molecule has 130 valence electrons. The summed E-state index contributed by atoms with van der Waals surface area (Å²) in [5.74, 6) is -1.22. The van der Waals surface area contributed by atoms with Crippen LogP contribution in [-0.2, 0) is 0 Å². The molecule has 1 saturated heterocycles. The highest BCUT2D eigenvalue weighted by atomic mass is 79.9. The van der Waals surface area contributed by atoms with Crippen molar-refractivity contribution in [3.8, 4) is 0 Å². The van der Waals surface area contributed by atoms with Gasteiger partial charge in [-0.2, -0.15) is 0 Å². The minimum atomic E-state index is -0.644. The van der Waals surface area contributed by atoms with Gasteiger partial charge in [0.05, 0.1) is 13.4 Å². The van der Waals surface area contributed by atoms with Crippen LogP contribution in [0.25, 0.3) is 10.2 Å². The Bertz CT molecular complexity index is 950. The number of piperazine rings is 1. The zero-order chi connectivity index (χ0) is 17.6. The van der Waals surface area contributed by atoms with Crippen molar-refractivity contribution >= 4 is 59.9 Å². The maximum Gasteiger partial charge on any atom is 0.264 e. The number of carbonyl (C=O) groups is 1. The van der Waals surface area contributed by atoms with Gasteiger partial charge >= 0.3 is 0 Å². The topological polar surface area (TPSA) is 36.4 Å². The Labute approximate surface area is 158 Å². The molecule has 0 unspecified atom stereocenters. The number of thiophene rings is 1. The van der Waals surface area contributed by atoms with E-state index in [0.29, 0.717) is 40.9 Å². The number of benzene rings is 1. The minimum Gasteiger partial charge on any atom is -0.345 e. The fraction of sp³-hybridized carbons (Fsp3) is 0.250. The zero-order valence-corrected chi connectivity index (χ0v) is 16.1. The van der Waals surface area contributed by atoms with E-state index in [9.17, 15) is 13.6 Å². The van der Waals surface area contributed by atoms with E-state index in [1.165, 1.54) is 28.7 Å². The molecule has 0 bridgehead atoms. The Morgan fingerprint density at radius 3 is 2.56 bits per heavy atom. The normalized spacial score (nSPS) is 15.2. The van der Waals surface area contributed by atoms with Gasteiger partial charge in [-0.05, 0) is 34.1 Å². The first kappa shape index (κ1) is 16.9. The second-order valence-corrected chi connectivity index (χ2v) is 9.09. The van der Waals surface area contributed by atoms with E-state index in [-0.39, 0.29) is 11.4 Å². The number of thiazole rings is 1. The van der Waals surface area contributed by atoms with E-state index >= 15 is 0 Å². The molecule has 1 fully saturated rings. The lowest BCUT2D eigenvalue weighted by atomic mass is 10.3. The molecule has 1 aromatic carbocycles. The maximum absolute atomic E-state index is 13.8. The van der Waals surface area contributed by atoms with Crippen LogP contribution in [-0.4, -0.2) is 42.0 Å². The molecular formula is C16H12BrF2N3OS2. The Morgan fingerprint density at radius 1 is 1.12 bits per heavy atom. The number of aromatic nitrogens is 1. The summed E-state index contributed by atoms with van der Waals surface area (Å²) in [5, 5.41) is 0.658. The van der Waals surface area contributed by atoms with E-state index in [4.69, 9.17) is 0 Å². The molecule has 0 saturated carbocycles. The van der Waals surface area contributed by atoms with Crippen LogP contribution in [0.5, 0.6) is 0 Å². The first-order chi connectivity index (χ1) is 12.0. The molecule has 25 heavy (non-hydrogen) atoms. The largest absolute Gasteiger partial charge is 0.345 e. The van der Waals surface area contributed by atoms with Gasteiger partial charge in [-0.3, -0.25) is 4.79 Å². The van der Waals surface area contributed by atoms with Crippen LogP contribution in [0.1, 0.15) is 9.67 Å². The Morgan fingerprint density at radius 2 is 1.88 bits per heavy atom. The molecule has 0 aliphatic carbocycles. The first-order valence-corrected chi connectivity index (χ1v) is 9.99. The molecular weight excluding hydrogens is 432 g/mol. The van der Waals surface area contributed by atoms with E-state index in [0.717, 1.165) is 9.85 Å². The quantitative estimate of drug-likeness (QED) is 0.590. The van der Waals surface area contributed by atoms with Crippen molar-refractivity contribution in [2.75, 3.05) is 31.1 Å². The lowest BCUT2D eigenvalue weighted by Crippen LogP contribution is -2.48. The highest BCUT2D eigenvalue weighted by molar-refractivity contribution is 9.11. The molecule has 2 aromatic heterocycles. The van der Waals surface area contributed by atoms with E-state index in [1.54, 1.807) is 0 Å². The van der Waals surface area contributed by atoms with Crippen molar-refractivity contribution in [1.82, 2.24) is 9.88 Å². The lowest BCUT2D eigenvalue weighted by Gasteiger charge is -2.34. The summed E-state index contributed by atoms with van der Waals surface area (Å²) in [5.41, 5.74) is 0.198. The SMILES string of the molecule is O=C(c1ccc(Br)s1)N1CCN(c2nc3c(F)cc(F)cc3s2)CC1. The fourth-order valence-electron chi connectivity index (χ4n) is 2.77. The number of rotatable bonds is 2. The molecule has 0 N–H and O–H groups in total. The summed E-state index contributed by atoms with van der Waals surface area (Å²) >= 11 is 6.05. The van der Waals surface area contributed by atoms with E-state index < -0.39 is 11.6 Å². The molecule has 0 atom stereocenters. The van der Waals surface area contributed by atoms with Crippen molar-refractivity contribution in [3.63, 3.8) is 0 Å². The van der Waals surface area contributed by atoms with Crippen molar-refractivity contribution < 1.29 is 13.6 Å². The molecule has 3 aromatic rings. The highest BCUT2D eigenvalue weighted by Crippen LogP contribution is 2.32. The summed E-state index contributed by atoms with van der Waals surface area (Å²) in [7, 11) is 0.